The number of likely N-dealkylation sites (N-methyl/N-ethyl adjacent to an activating group) is 1. The molecule has 0 spiro atoms. The number of anilines is 1. The predicted octanol–water partition coefficient (Wildman–Crippen LogP) is 7.29. The summed E-state index contributed by atoms with van der Waals surface area (Å²) in [6.45, 7) is 14.0. The lowest BCUT2D eigenvalue weighted by molar-refractivity contribution is -0.294. The Morgan fingerprint density at radius 2 is 1.62 bits per heavy atom. The second-order valence-corrected chi connectivity index (χ2v) is 20.2. The Balaban J connectivity index is 1.25. The lowest BCUT2D eigenvalue weighted by Crippen LogP contribution is -2.61. The first kappa shape index (κ1) is 56.5. The van der Waals surface area contributed by atoms with Crippen molar-refractivity contribution in [3.05, 3.63) is 66.4 Å². The molecule has 18 nitrogen and oxygen atoms in total. The SMILES string of the molecule is CC[C@H]1OC(=O)[C@H](C)C(=O)[C@H](C)[C@@H](O[C@@H]2O[C@H](C)C[C@H](N(C)C)[C@H]2OC(=O)c2ccccc2)[C@@](C)(OC)C[C@@H](C)C(=O)[C@H](C)[C@@H]2N(CCCCn3cc(-c4cccc(NC(=O)C(F)(F)F)c4)nn3)C(=O)O[C@@]21C. The summed E-state index contributed by atoms with van der Waals surface area (Å²) in [6, 6.07) is 12.9. The first-order valence-corrected chi connectivity index (χ1v) is 24.8. The minimum absolute atomic E-state index is 0.0173. The van der Waals surface area contributed by atoms with E-state index in [1.54, 1.807) is 84.1 Å². The van der Waals surface area contributed by atoms with Crippen molar-refractivity contribution in [1.82, 2.24) is 24.8 Å². The number of methoxy groups -OCH3 is 1. The molecule has 0 unspecified atom stereocenters. The molecule has 6 rings (SSSR count). The number of carbonyl (C=O) groups excluding carboxylic acids is 6. The van der Waals surface area contributed by atoms with Crippen LogP contribution in [0.4, 0.5) is 23.7 Å². The molecule has 21 heteroatoms. The van der Waals surface area contributed by atoms with Gasteiger partial charge in [-0.3, -0.25) is 23.9 Å². The van der Waals surface area contributed by atoms with Gasteiger partial charge < -0.3 is 43.5 Å². The zero-order valence-corrected chi connectivity index (χ0v) is 43.3. The van der Waals surface area contributed by atoms with Crippen molar-refractivity contribution in [3.8, 4) is 11.3 Å². The lowest BCUT2D eigenvalue weighted by Gasteiger charge is -2.47. The third kappa shape index (κ3) is 12.6. The number of hydrogen-bond acceptors (Lipinski definition) is 15. The second kappa shape index (κ2) is 23.2. The summed E-state index contributed by atoms with van der Waals surface area (Å²) in [5.41, 5.74) is -1.93. The van der Waals surface area contributed by atoms with Crippen LogP contribution >= 0.6 is 0 Å². The lowest BCUT2D eigenvalue weighted by atomic mass is 9.73. The number of fused-ring (bicyclic) bond motifs is 1. The number of hydrogen-bond donors (Lipinski definition) is 1. The fourth-order valence-electron chi connectivity index (χ4n) is 10.6. The summed E-state index contributed by atoms with van der Waals surface area (Å²) in [5.74, 6) is -8.44. The number of amides is 2. The predicted molar refractivity (Wildman–Crippen MR) is 259 cm³/mol. The van der Waals surface area contributed by atoms with E-state index in [2.05, 4.69) is 10.3 Å². The van der Waals surface area contributed by atoms with Crippen LogP contribution in [0.25, 0.3) is 11.3 Å². The Kier molecular flexibility index (Phi) is 18.0. The highest BCUT2D eigenvalue weighted by atomic mass is 19.4. The van der Waals surface area contributed by atoms with E-state index >= 15 is 0 Å². The number of ether oxygens (including phenoxy) is 6. The minimum atomic E-state index is -5.06. The number of ketones is 2. The molecular formula is C52H69F3N6O12. The minimum Gasteiger partial charge on any atom is -0.458 e. The maximum absolute atomic E-state index is 15.0. The molecule has 3 fully saturated rings. The quantitative estimate of drug-likeness (QED) is 0.0728. The summed E-state index contributed by atoms with van der Waals surface area (Å²) in [6.07, 6.45) is -7.50. The average Bonchev–Trinajstić information content (AvgIpc) is 3.93. The molecule has 1 N–H and O–H groups in total. The molecule has 0 aliphatic carbocycles. The summed E-state index contributed by atoms with van der Waals surface area (Å²) in [4.78, 5) is 86.5. The summed E-state index contributed by atoms with van der Waals surface area (Å²) in [7, 11) is 5.16. The molecule has 4 heterocycles. The van der Waals surface area contributed by atoms with Crippen molar-refractivity contribution in [1.29, 1.82) is 0 Å². The zero-order valence-electron chi connectivity index (χ0n) is 43.3. The van der Waals surface area contributed by atoms with E-state index in [0.717, 1.165) is 0 Å². The monoisotopic (exact) mass is 1030 g/mol. The van der Waals surface area contributed by atoms with Gasteiger partial charge in [-0.2, -0.15) is 13.2 Å². The van der Waals surface area contributed by atoms with Gasteiger partial charge in [0.25, 0.3) is 0 Å². The smallest absolute Gasteiger partial charge is 0.458 e. The summed E-state index contributed by atoms with van der Waals surface area (Å²) >= 11 is 0. The number of cyclic esters (lactones) is 1. The molecule has 13 atom stereocenters. The highest BCUT2D eigenvalue weighted by Crippen LogP contribution is 2.43. The highest BCUT2D eigenvalue weighted by molar-refractivity contribution is 6.00. The Morgan fingerprint density at radius 3 is 2.26 bits per heavy atom. The Labute approximate surface area is 423 Å². The van der Waals surface area contributed by atoms with Crippen LogP contribution in [0.15, 0.2) is 60.8 Å². The van der Waals surface area contributed by atoms with Crippen LogP contribution in [0.2, 0.25) is 0 Å². The molecule has 2 amide bonds. The third-order valence-corrected chi connectivity index (χ3v) is 14.6. The molecule has 3 saturated heterocycles. The second-order valence-electron chi connectivity index (χ2n) is 20.2. The molecule has 3 aromatic rings. The van der Waals surface area contributed by atoms with Gasteiger partial charge in [0, 0.05) is 49.2 Å². The topological polar surface area (TPSA) is 207 Å². The van der Waals surface area contributed by atoms with Gasteiger partial charge in [-0.05, 0) is 98.2 Å². The number of nitrogens with one attached hydrogen (secondary N) is 1. The number of benzene rings is 2. The maximum atomic E-state index is 15.0. The number of aromatic nitrogens is 3. The fourth-order valence-corrected chi connectivity index (χ4v) is 10.6. The van der Waals surface area contributed by atoms with Crippen molar-refractivity contribution >= 4 is 41.2 Å². The number of Topliss-reactive ketones (excluding diaryl/α,β-unsaturated/α-hetero) is 2. The van der Waals surface area contributed by atoms with Gasteiger partial charge in [0.2, 0.25) is 0 Å². The van der Waals surface area contributed by atoms with Crippen LogP contribution in [0, 0.1) is 23.7 Å². The van der Waals surface area contributed by atoms with Gasteiger partial charge in [0.15, 0.2) is 23.8 Å². The van der Waals surface area contributed by atoms with E-state index < -0.39 is 101 Å². The van der Waals surface area contributed by atoms with Crippen molar-refractivity contribution in [2.75, 3.05) is 33.1 Å². The number of alkyl halides is 3. The molecule has 400 valence electrons. The van der Waals surface area contributed by atoms with E-state index in [0.29, 0.717) is 42.6 Å². The van der Waals surface area contributed by atoms with E-state index in [-0.39, 0.29) is 43.0 Å². The van der Waals surface area contributed by atoms with Crippen LogP contribution in [0.3, 0.4) is 0 Å². The van der Waals surface area contributed by atoms with Crippen molar-refractivity contribution in [3.63, 3.8) is 0 Å². The fraction of sp³-hybridized carbons (Fsp3) is 0.615. The van der Waals surface area contributed by atoms with Crippen LogP contribution < -0.4 is 5.32 Å². The van der Waals surface area contributed by atoms with Gasteiger partial charge in [0.1, 0.15) is 23.5 Å². The van der Waals surface area contributed by atoms with E-state index in [1.165, 1.54) is 41.8 Å². The van der Waals surface area contributed by atoms with E-state index in [9.17, 15) is 41.9 Å². The summed E-state index contributed by atoms with van der Waals surface area (Å²) in [5, 5.41) is 10.1. The van der Waals surface area contributed by atoms with Gasteiger partial charge >= 0.3 is 30.1 Å². The van der Waals surface area contributed by atoms with Gasteiger partial charge in [0.05, 0.1) is 41.7 Å². The average molecular weight is 1030 g/mol. The highest BCUT2D eigenvalue weighted by Gasteiger charge is 2.60. The Hall–Kier alpha value is -5.77. The first-order valence-electron chi connectivity index (χ1n) is 24.8. The van der Waals surface area contributed by atoms with Crippen molar-refractivity contribution in [2.45, 2.75) is 154 Å². The molecule has 2 aromatic carbocycles. The van der Waals surface area contributed by atoms with Gasteiger partial charge in [-0.1, -0.05) is 63.2 Å². The molecule has 3 aliphatic heterocycles. The van der Waals surface area contributed by atoms with Crippen LogP contribution in [0.5, 0.6) is 0 Å². The number of esters is 2. The van der Waals surface area contributed by atoms with Gasteiger partial charge in [-0.15, -0.1) is 5.10 Å². The number of unbranched alkanes of at least 4 members (excludes halogenated alkanes) is 1. The van der Waals surface area contributed by atoms with Crippen LogP contribution in [-0.4, -0.2) is 148 Å². The van der Waals surface area contributed by atoms with Crippen molar-refractivity contribution < 1.29 is 70.4 Å². The summed E-state index contributed by atoms with van der Waals surface area (Å²) < 4.78 is 78.3. The first-order chi connectivity index (χ1) is 34.3. The Morgan fingerprint density at radius 1 is 0.932 bits per heavy atom. The molecule has 0 saturated carbocycles. The number of carbonyl (C=O) groups is 6. The normalized spacial score (nSPS) is 31.6. The molecule has 0 bridgehead atoms. The number of rotatable bonds is 14. The van der Waals surface area contributed by atoms with Crippen LogP contribution in [0.1, 0.15) is 97.9 Å². The molecule has 3 aliphatic rings. The number of nitrogens with zero attached hydrogens (tertiary/aromatic N) is 5. The molecular weight excluding hydrogens is 958 g/mol. The van der Waals surface area contributed by atoms with Crippen LogP contribution in [-0.2, 0) is 54.1 Å². The largest absolute Gasteiger partial charge is 0.471 e. The Bertz CT molecular complexity index is 2460. The molecule has 1 aromatic heterocycles. The van der Waals surface area contributed by atoms with Crippen molar-refractivity contribution in [2.24, 2.45) is 23.7 Å². The van der Waals surface area contributed by atoms with E-state index in [4.69, 9.17) is 28.4 Å². The standard InChI is InChI=1S/C52H69F3N6O12/c1-12-39-51(8)43(61(49(67)73-51)24-17-16-23-60-28-37(57-58-60)35-21-18-22-36(26-35)56-48(66)52(53,54)55)31(4)40(62)29(2)27-50(7,68-11)44(32(5)41(63)33(6)45(64)70-39)72-47-42(38(59(9)10)25-30(3)69-47)71-46(65)34-19-14-13-15-20-34/h13-15,18-22,26,28-33,38-39,42-44,47H,12,16-17,23-25,27H2,1-11H3,(H,56,66)/t29-,30-,31+,32+,33-,38+,39-,42-,43+,44-,47+,50+,51-/m1/s1. The van der Waals surface area contributed by atoms with E-state index in [1.807, 2.05) is 31.2 Å². The molecule has 73 heavy (non-hydrogen) atoms. The zero-order chi connectivity index (χ0) is 53.7. The third-order valence-electron chi connectivity index (χ3n) is 14.6. The maximum Gasteiger partial charge on any atom is 0.471 e. The number of aryl methyl sites for hydroxylation is 1. The molecule has 0 radical (unpaired) electrons. The van der Waals surface area contributed by atoms with Gasteiger partial charge in [-0.25, -0.2) is 9.59 Å². The number of halogens is 3.